The van der Waals surface area contributed by atoms with E-state index in [4.69, 9.17) is 4.74 Å². The second kappa shape index (κ2) is 13.0. The molecule has 2 heterocycles. The molecule has 1 aliphatic rings. The number of carbonyl (C=O) groups excluding carboxylic acids is 2. The first-order valence-corrected chi connectivity index (χ1v) is 13.0. The Hall–Kier alpha value is -4.48. The van der Waals surface area contributed by atoms with Gasteiger partial charge in [0.25, 0.3) is 5.91 Å². The Morgan fingerprint density at radius 3 is 2.40 bits per heavy atom. The van der Waals surface area contributed by atoms with Gasteiger partial charge >= 0.3 is 6.18 Å². The molecule has 8 nitrogen and oxygen atoms in total. The number of benzene rings is 3. The topological polar surface area (TPSA) is 95.6 Å². The largest absolute Gasteiger partial charge is 0.457 e. The third-order valence-corrected chi connectivity index (χ3v) is 6.62. The predicted octanol–water partition coefficient (Wildman–Crippen LogP) is 6.30. The minimum absolute atomic E-state index is 0. The lowest BCUT2D eigenvalue weighted by Crippen LogP contribution is -2.43. The first-order chi connectivity index (χ1) is 19.6. The summed E-state index contributed by atoms with van der Waals surface area (Å²) in [6.45, 7) is 4.38. The van der Waals surface area contributed by atoms with Gasteiger partial charge in [-0.1, -0.05) is 25.6 Å². The minimum atomic E-state index is -4.55. The molecule has 1 aliphatic heterocycles. The van der Waals surface area contributed by atoms with Crippen LogP contribution in [-0.2, 0) is 17.5 Å². The van der Waals surface area contributed by atoms with Crippen LogP contribution < -0.4 is 20.7 Å². The van der Waals surface area contributed by atoms with E-state index in [2.05, 4.69) is 20.9 Å². The van der Waals surface area contributed by atoms with Crippen molar-refractivity contribution in [2.75, 3.05) is 36.8 Å². The molecule has 0 atom stereocenters. The number of ether oxygens (including phenoxy) is 1. The zero-order valence-corrected chi connectivity index (χ0v) is 22.2. The Balaban J connectivity index is 0.00000405. The lowest BCUT2D eigenvalue weighted by atomic mass is 10.0. The Morgan fingerprint density at radius 1 is 0.929 bits per heavy atom. The quantitative estimate of drug-likeness (QED) is 0.238. The molecule has 42 heavy (non-hydrogen) atoms. The van der Waals surface area contributed by atoms with Crippen LogP contribution in [0.3, 0.4) is 0 Å². The molecule has 1 saturated heterocycles. The van der Waals surface area contributed by atoms with Gasteiger partial charge in [0.15, 0.2) is 0 Å². The number of nitrogens with zero attached hydrogens (tertiary/aromatic N) is 2. The molecule has 0 saturated carbocycles. The molecule has 2 amide bonds. The predicted molar refractivity (Wildman–Crippen MR) is 157 cm³/mol. The summed E-state index contributed by atoms with van der Waals surface area (Å²) in [5.74, 6) is 0.505. The maximum atomic E-state index is 13.9. The van der Waals surface area contributed by atoms with Crippen LogP contribution >= 0.6 is 0 Å². The van der Waals surface area contributed by atoms with E-state index in [1.165, 1.54) is 25.3 Å². The first-order valence-electron chi connectivity index (χ1n) is 13.0. The van der Waals surface area contributed by atoms with E-state index in [0.717, 1.165) is 24.5 Å². The Labute approximate surface area is 241 Å². The number of aromatic nitrogens is 1. The van der Waals surface area contributed by atoms with Crippen molar-refractivity contribution in [3.63, 3.8) is 0 Å². The fraction of sp³-hybridized carbons (Fsp3) is 0.258. The van der Waals surface area contributed by atoms with Crippen LogP contribution in [-0.4, -0.2) is 47.9 Å². The second-order valence-corrected chi connectivity index (χ2v) is 9.73. The molecule has 0 bridgehead atoms. The molecule has 0 unspecified atom stereocenters. The molecule has 0 spiro atoms. The summed E-state index contributed by atoms with van der Waals surface area (Å²) < 4.78 is 47.6. The third kappa shape index (κ3) is 7.62. The van der Waals surface area contributed by atoms with E-state index in [0.29, 0.717) is 35.8 Å². The van der Waals surface area contributed by atoms with Crippen molar-refractivity contribution < 1.29 is 27.5 Å². The SMILES string of the molecule is C.CC(=O)Nc1cc(Oc2ccc3ccc(C(=O)Nc4ccc(CN5CCNCC5)c(C(F)(F)F)c4)cc3c2)ccn1. The van der Waals surface area contributed by atoms with Gasteiger partial charge in [-0.15, -0.1) is 0 Å². The molecule has 1 aromatic heterocycles. The van der Waals surface area contributed by atoms with Crippen molar-refractivity contribution in [1.29, 1.82) is 0 Å². The highest BCUT2D eigenvalue weighted by molar-refractivity contribution is 6.06. The van der Waals surface area contributed by atoms with Crippen LogP contribution in [0.5, 0.6) is 11.5 Å². The molecule has 3 aromatic carbocycles. The number of carbonyl (C=O) groups is 2. The first kappa shape index (κ1) is 30.5. The molecular weight excluding hydrogens is 547 g/mol. The van der Waals surface area contributed by atoms with Crippen LogP contribution in [0.25, 0.3) is 10.8 Å². The van der Waals surface area contributed by atoms with Crippen LogP contribution in [0.4, 0.5) is 24.7 Å². The fourth-order valence-electron chi connectivity index (χ4n) is 4.66. The van der Waals surface area contributed by atoms with Gasteiger partial charge in [0.1, 0.15) is 17.3 Å². The number of rotatable bonds is 7. The molecule has 11 heteroatoms. The lowest BCUT2D eigenvalue weighted by Gasteiger charge is -2.28. The molecule has 3 N–H and O–H groups in total. The smallest absolute Gasteiger partial charge is 0.416 e. The van der Waals surface area contributed by atoms with Crippen molar-refractivity contribution in [2.24, 2.45) is 0 Å². The van der Waals surface area contributed by atoms with Gasteiger partial charge in [-0.25, -0.2) is 4.98 Å². The van der Waals surface area contributed by atoms with E-state index in [-0.39, 0.29) is 36.7 Å². The zero-order chi connectivity index (χ0) is 29.0. The standard InChI is InChI=1S/C30H28F3N5O3.CH4/c1-19(39)36-28-17-26(8-9-35-28)41-25-7-5-20-2-3-21(14-23(20)15-25)29(40)37-24-6-4-22(27(16-24)30(31,32)33)18-38-12-10-34-11-13-38;/h2-9,14-17,34H,10-13,18H2,1H3,(H,37,40)(H,35,36,39);1H4. The van der Waals surface area contributed by atoms with Gasteiger partial charge in [0.05, 0.1) is 5.56 Å². The molecule has 0 aliphatic carbocycles. The summed E-state index contributed by atoms with van der Waals surface area (Å²) in [7, 11) is 0. The number of hydrogen-bond donors (Lipinski definition) is 3. The van der Waals surface area contributed by atoms with Crippen molar-refractivity contribution in [2.45, 2.75) is 27.1 Å². The highest BCUT2D eigenvalue weighted by Crippen LogP contribution is 2.35. The maximum absolute atomic E-state index is 13.9. The number of hydrogen-bond acceptors (Lipinski definition) is 6. The van der Waals surface area contributed by atoms with Crippen LogP contribution in [0.15, 0.2) is 72.9 Å². The number of nitrogens with one attached hydrogen (secondary N) is 3. The van der Waals surface area contributed by atoms with Gasteiger partial charge in [0, 0.05) is 63.2 Å². The highest BCUT2D eigenvalue weighted by atomic mass is 19.4. The molecule has 1 fully saturated rings. The summed E-state index contributed by atoms with van der Waals surface area (Å²) in [5, 5.41) is 9.94. The molecule has 5 rings (SSSR count). The van der Waals surface area contributed by atoms with E-state index < -0.39 is 17.6 Å². The number of amides is 2. The molecule has 220 valence electrons. The Bertz CT molecular complexity index is 1590. The van der Waals surface area contributed by atoms with Crippen LogP contribution in [0.1, 0.15) is 35.8 Å². The Kier molecular flexibility index (Phi) is 9.44. The zero-order valence-electron chi connectivity index (χ0n) is 22.2. The van der Waals surface area contributed by atoms with Crippen molar-refractivity contribution in [1.82, 2.24) is 15.2 Å². The summed E-state index contributed by atoms with van der Waals surface area (Å²) in [5.41, 5.74) is -0.234. The maximum Gasteiger partial charge on any atom is 0.416 e. The normalized spacial score (nSPS) is 13.7. The molecule has 4 aromatic rings. The van der Waals surface area contributed by atoms with Crippen LogP contribution in [0.2, 0.25) is 0 Å². The van der Waals surface area contributed by atoms with Gasteiger partial charge in [-0.2, -0.15) is 13.2 Å². The molecule has 0 radical (unpaired) electrons. The van der Waals surface area contributed by atoms with Gasteiger partial charge in [-0.3, -0.25) is 14.5 Å². The lowest BCUT2D eigenvalue weighted by molar-refractivity contribution is -0.138. The number of fused-ring (bicyclic) bond motifs is 1. The van der Waals surface area contributed by atoms with E-state index in [1.54, 1.807) is 42.5 Å². The van der Waals surface area contributed by atoms with Crippen molar-refractivity contribution in [3.8, 4) is 11.5 Å². The number of piperazine rings is 1. The van der Waals surface area contributed by atoms with E-state index in [9.17, 15) is 22.8 Å². The third-order valence-electron chi connectivity index (χ3n) is 6.62. The average molecular weight is 580 g/mol. The number of pyridine rings is 1. The number of alkyl halides is 3. The van der Waals surface area contributed by atoms with Crippen molar-refractivity contribution in [3.05, 3.63) is 89.6 Å². The summed E-state index contributed by atoms with van der Waals surface area (Å²) in [6, 6.07) is 17.5. The molecular formula is C31H32F3N5O3. The van der Waals surface area contributed by atoms with E-state index >= 15 is 0 Å². The summed E-state index contributed by atoms with van der Waals surface area (Å²) >= 11 is 0. The van der Waals surface area contributed by atoms with Gasteiger partial charge in [-0.05, 0) is 58.8 Å². The minimum Gasteiger partial charge on any atom is -0.457 e. The fourth-order valence-corrected chi connectivity index (χ4v) is 4.66. The monoisotopic (exact) mass is 579 g/mol. The Morgan fingerprint density at radius 2 is 1.67 bits per heavy atom. The second-order valence-electron chi connectivity index (χ2n) is 9.73. The highest BCUT2D eigenvalue weighted by Gasteiger charge is 2.34. The van der Waals surface area contributed by atoms with Crippen molar-refractivity contribution >= 4 is 34.1 Å². The average Bonchev–Trinajstić information content (AvgIpc) is 2.93. The summed E-state index contributed by atoms with van der Waals surface area (Å²) in [6.07, 6.45) is -3.05. The number of anilines is 2. The summed E-state index contributed by atoms with van der Waals surface area (Å²) in [4.78, 5) is 30.4. The van der Waals surface area contributed by atoms with Gasteiger partial charge in [0.2, 0.25) is 5.91 Å². The number of halogens is 3. The van der Waals surface area contributed by atoms with Crippen LogP contribution in [0, 0.1) is 0 Å². The van der Waals surface area contributed by atoms with E-state index in [1.807, 2.05) is 11.0 Å². The van der Waals surface area contributed by atoms with Gasteiger partial charge < -0.3 is 20.7 Å².